The molecule has 2 heterocycles. The fraction of sp³-hybridized carbons (Fsp3) is 0.333. The van der Waals surface area contributed by atoms with Crippen molar-refractivity contribution in [2.45, 2.75) is 19.8 Å². The van der Waals surface area contributed by atoms with Gasteiger partial charge in [-0.1, -0.05) is 25.1 Å². The van der Waals surface area contributed by atoms with E-state index in [1.54, 1.807) is 18.2 Å². The lowest BCUT2D eigenvalue weighted by Crippen LogP contribution is -2.39. The van der Waals surface area contributed by atoms with Crippen LogP contribution in [0.5, 0.6) is 0 Å². The molecule has 1 N–H and O–H groups in total. The molecule has 0 bridgehead atoms. The summed E-state index contributed by atoms with van der Waals surface area (Å²) >= 11 is 1.39. The normalized spacial score (nSPS) is 17.8. The average molecular weight is 328 g/mol. The average Bonchev–Trinajstić information content (AvgIpc) is 3.09. The number of hydrogen-bond acceptors (Lipinski definition) is 3. The van der Waals surface area contributed by atoms with Crippen molar-refractivity contribution in [2.24, 2.45) is 5.92 Å². The van der Waals surface area contributed by atoms with Gasteiger partial charge in [-0.15, -0.1) is 11.3 Å². The molecular weight excluding hydrogens is 308 g/mol. The Kier molecular flexibility index (Phi) is 4.76. The number of piperidine rings is 1. The molecule has 0 aliphatic carbocycles. The second-order valence-corrected chi connectivity index (χ2v) is 6.92. The third-order valence-electron chi connectivity index (χ3n) is 4.09. The minimum atomic E-state index is -0.174. The first-order chi connectivity index (χ1) is 11.1. The minimum Gasteiger partial charge on any atom is -0.338 e. The van der Waals surface area contributed by atoms with Crippen molar-refractivity contribution in [3.05, 3.63) is 52.2 Å². The van der Waals surface area contributed by atoms with Crippen LogP contribution in [0.3, 0.4) is 0 Å². The molecule has 1 aromatic heterocycles. The Bertz CT molecular complexity index is 697. The Balaban J connectivity index is 1.80. The summed E-state index contributed by atoms with van der Waals surface area (Å²) in [6.07, 6.45) is 2.21. The maximum absolute atomic E-state index is 12.8. The first-order valence-electron chi connectivity index (χ1n) is 7.88. The molecule has 1 aliphatic rings. The van der Waals surface area contributed by atoms with Crippen LogP contribution in [0.15, 0.2) is 41.8 Å². The van der Waals surface area contributed by atoms with Crippen molar-refractivity contribution in [3.8, 4) is 0 Å². The zero-order valence-corrected chi connectivity index (χ0v) is 13.9. The fourth-order valence-corrected chi connectivity index (χ4v) is 3.53. The SMILES string of the molecule is C[C@@H]1CCCN(C(=O)c2ccccc2NC(=O)c2cccs2)C1. The van der Waals surface area contributed by atoms with Crippen LogP contribution in [0.1, 0.15) is 39.8 Å². The number of amides is 2. The Morgan fingerprint density at radius 1 is 1.22 bits per heavy atom. The summed E-state index contributed by atoms with van der Waals surface area (Å²) in [4.78, 5) is 27.6. The lowest BCUT2D eigenvalue weighted by Gasteiger charge is -2.31. The lowest BCUT2D eigenvalue weighted by atomic mass is 9.99. The van der Waals surface area contributed by atoms with Crippen LogP contribution in [-0.2, 0) is 0 Å². The fourth-order valence-electron chi connectivity index (χ4n) is 2.91. The van der Waals surface area contributed by atoms with E-state index in [1.165, 1.54) is 17.8 Å². The monoisotopic (exact) mass is 328 g/mol. The highest BCUT2D eigenvalue weighted by Gasteiger charge is 2.24. The molecule has 1 saturated heterocycles. The zero-order chi connectivity index (χ0) is 16.2. The number of anilines is 1. The highest BCUT2D eigenvalue weighted by Crippen LogP contribution is 2.23. The van der Waals surface area contributed by atoms with Gasteiger partial charge in [0.05, 0.1) is 16.1 Å². The van der Waals surface area contributed by atoms with Crippen LogP contribution in [0, 0.1) is 5.92 Å². The molecule has 0 radical (unpaired) electrons. The smallest absolute Gasteiger partial charge is 0.265 e. The van der Waals surface area contributed by atoms with Gasteiger partial charge < -0.3 is 10.2 Å². The number of carbonyl (C=O) groups is 2. The van der Waals surface area contributed by atoms with Crippen LogP contribution in [-0.4, -0.2) is 29.8 Å². The van der Waals surface area contributed by atoms with Gasteiger partial charge in [0.15, 0.2) is 0 Å². The number of hydrogen-bond donors (Lipinski definition) is 1. The number of nitrogens with one attached hydrogen (secondary N) is 1. The molecule has 3 rings (SSSR count). The molecule has 1 aromatic carbocycles. The third-order valence-corrected chi connectivity index (χ3v) is 4.96. The molecule has 0 unspecified atom stereocenters. The third kappa shape index (κ3) is 3.62. The molecule has 23 heavy (non-hydrogen) atoms. The number of nitrogens with zero attached hydrogens (tertiary/aromatic N) is 1. The summed E-state index contributed by atoms with van der Waals surface area (Å²) < 4.78 is 0. The summed E-state index contributed by atoms with van der Waals surface area (Å²) in [5.41, 5.74) is 1.14. The molecule has 2 amide bonds. The highest BCUT2D eigenvalue weighted by molar-refractivity contribution is 7.12. The van der Waals surface area contributed by atoms with Crippen LogP contribution < -0.4 is 5.32 Å². The Labute approximate surface area is 140 Å². The van der Waals surface area contributed by atoms with Crippen molar-refractivity contribution >= 4 is 28.8 Å². The predicted molar refractivity (Wildman–Crippen MR) is 93.0 cm³/mol. The molecule has 1 aliphatic heterocycles. The topological polar surface area (TPSA) is 49.4 Å². The molecule has 1 fully saturated rings. The second-order valence-electron chi connectivity index (χ2n) is 5.98. The van der Waals surface area contributed by atoms with E-state index in [2.05, 4.69) is 12.2 Å². The van der Waals surface area contributed by atoms with E-state index in [-0.39, 0.29) is 11.8 Å². The number of likely N-dealkylation sites (tertiary alicyclic amines) is 1. The minimum absolute atomic E-state index is 0.00127. The van der Waals surface area contributed by atoms with Gasteiger partial charge in [-0.2, -0.15) is 0 Å². The number of rotatable bonds is 3. The molecule has 4 nitrogen and oxygen atoms in total. The Morgan fingerprint density at radius 2 is 2.04 bits per heavy atom. The largest absolute Gasteiger partial charge is 0.338 e. The van der Waals surface area contributed by atoms with Gasteiger partial charge >= 0.3 is 0 Å². The van der Waals surface area contributed by atoms with Gasteiger partial charge in [0, 0.05) is 13.1 Å². The van der Waals surface area contributed by atoms with E-state index < -0.39 is 0 Å². The van der Waals surface area contributed by atoms with E-state index in [4.69, 9.17) is 0 Å². The molecular formula is C18H20N2O2S. The quantitative estimate of drug-likeness (QED) is 0.930. The molecule has 120 valence electrons. The van der Waals surface area contributed by atoms with E-state index in [0.29, 0.717) is 22.0 Å². The highest BCUT2D eigenvalue weighted by atomic mass is 32.1. The van der Waals surface area contributed by atoms with Gasteiger partial charge in [-0.05, 0) is 42.3 Å². The lowest BCUT2D eigenvalue weighted by molar-refractivity contribution is 0.0684. The predicted octanol–water partition coefficient (Wildman–Crippen LogP) is 3.87. The zero-order valence-electron chi connectivity index (χ0n) is 13.1. The summed E-state index contributed by atoms with van der Waals surface area (Å²) in [5.74, 6) is 0.353. The van der Waals surface area contributed by atoms with Crippen LogP contribution >= 0.6 is 11.3 Å². The number of thiophene rings is 1. The van der Waals surface area contributed by atoms with Gasteiger partial charge in [-0.25, -0.2) is 0 Å². The van der Waals surface area contributed by atoms with E-state index in [9.17, 15) is 9.59 Å². The van der Waals surface area contributed by atoms with E-state index in [1.807, 2.05) is 28.5 Å². The summed E-state index contributed by atoms with van der Waals surface area (Å²) in [7, 11) is 0. The van der Waals surface area contributed by atoms with Crippen molar-refractivity contribution < 1.29 is 9.59 Å². The van der Waals surface area contributed by atoms with Crippen molar-refractivity contribution in [2.75, 3.05) is 18.4 Å². The van der Waals surface area contributed by atoms with Gasteiger partial charge in [0.1, 0.15) is 0 Å². The van der Waals surface area contributed by atoms with Gasteiger partial charge in [0.2, 0.25) is 0 Å². The maximum Gasteiger partial charge on any atom is 0.265 e. The number of carbonyl (C=O) groups excluding carboxylic acids is 2. The van der Waals surface area contributed by atoms with Crippen LogP contribution in [0.4, 0.5) is 5.69 Å². The van der Waals surface area contributed by atoms with Gasteiger partial charge in [0.25, 0.3) is 11.8 Å². The maximum atomic E-state index is 12.8. The standard InChI is InChI=1S/C18H20N2O2S/c1-13-6-4-10-20(12-13)18(22)14-7-2-3-8-15(14)19-17(21)16-9-5-11-23-16/h2-3,5,7-9,11,13H,4,6,10,12H2,1H3,(H,19,21)/t13-/m1/s1. The van der Waals surface area contributed by atoms with E-state index in [0.717, 1.165) is 19.5 Å². The Hall–Kier alpha value is -2.14. The molecule has 5 heteroatoms. The molecule has 1 atom stereocenters. The summed E-state index contributed by atoms with van der Waals surface area (Å²) in [5, 5.41) is 4.73. The summed E-state index contributed by atoms with van der Waals surface area (Å²) in [6, 6.07) is 10.8. The second kappa shape index (κ2) is 6.96. The van der Waals surface area contributed by atoms with Crippen molar-refractivity contribution in [3.63, 3.8) is 0 Å². The number of benzene rings is 1. The first kappa shape index (κ1) is 15.7. The molecule has 0 spiro atoms. The Morgan fingerprint density at radius 3 is 2.78 bits per heavy atom. The number of para-hydroxylation sites is 1. The summed E-state index contributed by atoms with van der Waals surface area (Å²) in [6.45, 7) is 3.74. The van der Waals surface area contributed by atoms with Crippen molar-refractivity contribution in [1.82, 2.24) is 4.90 Å². The van der Waals surface area contributed by atoms with Crippen LogP contribution in [0.25, 0.3) is 0 Å². The molecule has 0 saturated carbocycles. The van der Waals surface area contributed by atoms with E-state index >= 15 is 0 Å². The van der Waals surface area contributed by atoms with Crippen molar-refractivity contribution in [1.29, 1.82) is 0 Å². The first-order valence-corrected chi connectivity index (χ1v) is 8.76. The molecule has 2 aromatic rings. The van der Waals surface area contributed by atoms with Gasteiger partial charge in [-0.3, -0.25) is 9.59 Å². The van der Waals surface area contributed by atoms with Crippen LogP contribution in [0.2, 0.25) is 0 Å².